The second-order valence-electron chi connectivity index (χ2n) is 9.30. The van der Waals surface area contributed by atoms with Gasteiger partial charge in [0.05, 0.1) is 28.8 Å². The zero-order valence-electron chi connectivity index (χ0n) is 20.2. The van der Waals surface area contributed by atoms with Crippen LogP contribution in [0, 0.1) is 0 Å². The molecule has 0 unspecified atom stereocenters. The van der Waals surface area contributed by atoms with Crippen molar-refractivity contribution >= 4 is 52.8 Å². The highest BCUT2D eigenvalue weighted by atomic mass is 79.9. The molecular formula is C23H24BrClF2N6O3Si. The molecule has 1 amide bonds. The van der Waals surface area contributed by atoms with Crippen LogP contribution in [0.15, 0.2) is 47.5 Å². The van der Waals surface area contributed by atoms with Gasteiger partial charge in [-0.15, -0.1) is 0 Å². The summed E-state index contributed by atoms with van der Waals surface area (Å²) in [6, 6.07) is 5.42. The Morgan fingerprint density at radius 3 is 2.76 bits per heavy atom. The molecule has 0 fully saturated rings. The maximum absolute atomic E-state index is 13.3. The Balaban J connectivity index is 1.73. The number of rotatable bonds is 10. The molecule has 0 radical (unpaired) electrons. The molecule has 14 heteroatoms. The van der Waals surface area contributed by atoms with E-state index in [4.69, 9.17) is 21.1 Å². The maximum Gasteiger partial charge on any atom is 0.387 e. The van der Waals surface area contributed by atoms with Gasteiger partial charge in [-0.2, -0.15) is 19.0 Å². The molecule has 37 heavy (non-hydrogen) atoms. The van der Waals surface area contributed by atoms with Crippen molar-refractivity contribution < 1.29 is 23.0 Å². The van der Waals surface area contributed by atoms with Crippen LogP contribution in [0.2, 0.25) is 30.7 Å². The molecule has 0 spiro atoms. The van der Waals surface area contributed by atoms with Crippen LogP contribution in [0.5, 0.6) is 5.75 Å². The van der Waals surface area contributed by atoms with Crippen molar-refractivity contribution in [1.82, 2.24) is 24.4 Å². The van der Waals surface area contributed by atoms with Crippen molar-refractivity contribution in [3.63, 3.8) is 0 Å². The van der Waals surface area contributed by atoms with Gasteiger partial charge >= 0.3 is 6.61 Å². The molecule has 1 N–H and O–H groups in total. The van der Waals surface area contributed by atoms with Crippen molar-refractivity contribution in [2.75, 3.05) is 11.9 Å². The number of nitrogens with zero attached hydrogens (tertiary/aromatic N) is 5. The van der Waals surface area contributed by atoms with E-state index in [2.05, 4.69) is 56.1 Å². The molecule has 0 aliphatic heterocycles. The van der Waals surface area contributed by atoms with Gasteiger partial charge in [-0.3, -0.25) is 4.79 Å². The lowest BCUT2D eigenvalue weighted by atomic mass is 10.1. The van der Waals surface area contributed by atoms with Crippen LogP contribution in [-0.2, 0) is 11.5 Å². The standard InChI is InChI=1S/C23H24BrClF2N6O3Si/c1-37(2,3)8-7-35-13-33-20(14-9-17(25)16(24)10-19(14)36-23(26)27)18(12-30-33)31-22(34)15-11-29-32-6-4-5-28-21(15)32/h4-6,9-12,23H,7-8,13H2,1-3H3,(H,31,34). The van der Waals surface area contributed by atoms with E-state index in [0.29, 0.717) is 16.7 Å². The Labute approximate surface area is 225 Å². The molecule has 4 aromatic rings. The van der Waals surface area contributed by atoms with Crippen LogP contribution >= 0.6 is 27.5 Å². The van der Waals surface area contributed by atoms with E-state index in [1.165, 1.54) is 33.7 Å². The molecule has 0 saturated carbocycles. The molecule has 0 aliphatic carbocycles. The molecule has 0 bridgehead atoms. The SMILES string of the molecule is C[Si](C)(C)CCOCn1ncc(NC(=O)c2cnn3cccnc23)c1-c1cc(Cl)c(Br)cc1OC(F)F. The van der Waals surface area contributed by atoms with E-state index < -0.39 is 20.6 Å². The quantitative estimate of drug-likeness (QED) is 0.170. The van der Waals surface area contributed by atoms with Gasteiger partial charge in [-0.25, -0.2) is 14.2 Å². The number of halogens is 4. The lowest BCUT2D eigenvalue weighted by molar-refractivity contribution is -0.0495. The van der Waals surface area contributed by atoms with Crippen molar-refractivity contribution in [3.05, 3.63) is 58.0 Å². The number of amides is 1. The lowest BCUT2D eigenvalue weighted by Crippen LogP contribution is -2.22. The fourth-order valence-electron chi connectivity index (χ4n) is 3.47. The van der Waals surface area contributed by atoms with Gasteiger partial charge in [0.15, 0.2) is 5.65 Å². The summed E-state index contributed by atoms with van der Waals surface area (Å²) in [6.07, 6.45) is 6.02. The minimum Gasteiger partial charge on any atom is -0.434 e. The minimum atomic E-state index is -3.08. The monoisotopic (exact) mass is 612 g/mol. The van der Waals surface area contributed by atoms with Gasteiger partial charge in [-0.1, -0.05) is 31.2 Å². The van der Waals surface area contributed by atoms with Crippen LogP contribution in [0.3, 0.4) is 0 Å². The molecule has 0 saturated heterocycles. The highest BCUT2D eigenvalue weighted by Crippen LogP contribution is 2.41. The smallest absolute Gasteiger partial charge is 0.387 e. The number of carbonyl (C=O) groups excluding carboxylic acids is 1. The second kappa shape index (κ2) is 11.3. The molecule has 9 nitrogen and oxygen atoms in total. The van der Waals surface area contributed by atoms with Gasteiger partial charge in [0, 0.05) is 37.1 Å². The first-order valence-electron chi connectivity index (χ1n) is 11.2. The summed E-state index contributed by atoms with van der Waals surface area (Å²) in [4.78, 5) is 17.4. The largest absolute Gasteiger partial charge is 0.434 e. The van der Waals surface area contributed by atoms with E-state index in [0.717, 1.165) is 6.04 Å². The number of aromatic nitrogens is 5. The van der Waals surface area contributed by atoms with Crippen molar-refractivity contribution in [2.24, 2.45) is 0 Å². The number of benzene rings is 1. The number of anilines is 1. The Morgan fingerprint density at radius 2 is 2.03 bits per heavy atom. The van der Waals surface area contributed by atoms with E-state index in [1.807, 2.05) is 0 Å². The molecule has 0 aliphatic rings. The number of ether oxygens (including phenoxy) is 2. The number of hydrogen-bond acceptors (Lipinski definition) is 6. The summed E-state index contributed by atoms with van der Waals surface area (Å²) >= 11 is 9.56. The average molecular weight is 614 g/mol. The van der Waals surface area contributed by atoms with E-state index in [-0.39, 0.29) is 40.0 Å². The Kier molecular flexibility index (Phi) is 8.26. The fourth-order valence-corrected chi connectivity index (χ4v) is 4.72. The van der Waals surface area contributed by atoms with Crippen LogP contribution in [0.1, 0.15) is 10.4 Å². The Morgan fingerprint density at radius 1 is 1.24 bits per heavy atom. The highest BCUT2D eigenvalue weighted by Gasteiger charge is 2.24. The average Bonchev–Trinajstić information content (AvgIpc) is 3.42. The van der Waals surface area contributed by atoms with Crippen LogP contribution in [0.4, 0.5) is 14.5 Å². The predicted octanol–water partition coefficient (Wildman–Crippen LogP) is 6.17. The summed E-state index contributed by atoms with van der Waals surface area (Å²) in [5.74, 6) is -0.656. The number of nitrogens with one attached hydrogen (secondary N) is 1. The number of carbonyl (C=O) groups is 1. The molecule has 0 atom stereocenters. The third-order valence-corrected chi connectivity index (χ3v) is 8.22. The van der Waals surface area contributed by atoms with E-state index in [1.54, 1.807) is 18.5 Å². The van der Waals surface area contributed by atoms with Crippen molar-refractivity contribution in [3.8, 4) is 17.0 Å². The maximum atomic E-state index is 13.3. The van der Waals surface area contributed by atoms with Gasteiger partial charge in [0.1, 0.15) is 18.0 Å². The zero-order chi connectivity index (χ0) is 26.7. The molecule has 196 valence electrons. The summed E-state index contributed by atoms with van der Waals surface area (Å²) < 4.78 is 40.5. The fraction of sp³-hybridized carbons (Fsp3) is 0.304. The minimum absolute atomic E-state index is 0.0236. The summed E-state index contributed by atoms with van der Waals surface area (Å²) in [5.41, 5.74) is 1.32. The van der Waals surface area contributed by atoms with Gasteiger partial charge < -0.3 is 14.8 Å². The molecule has 4 rings (SSSR count). The first-order valence-corrected chi connectivity index (χ1v) is 16.1. The topological polar surface area (TPSA) is 95.6 Å². The highest BCUT2D eigenvalue weighted by molar-refractivity contribution is 9.10. The third-order valence-electron chi connectivity index (χ3n) is 5.32. The van der Waals surface area contributed by atoms with E-state index >= 15 is 0 Å². The van der Waals surface area contributed by atoms with Gasteiger partial charge in [0.2, 0.25) is 0 Å². The predicted molar refractivity (Wildman–Crippen MR) is 142 cm³/mol. The lowest BCUT2D eigenvalue weighted by Gasteiger charge is -2.17. The Bertz CT molecular complexity index is 1430. The first-order chi connectivity index (χ1) is 17.5. The number of alkyl halides is 2. The van der Waals surface area contributed by atoms with Crippen LogP contribution < -0.4 is 10.1 Å². The third kappa shape index (κ3) is 6.53. The summed E-state index contributed by atoms with van der Waals surface area (Å²) in [6.45, 7) is 4.14. The van der Waals surface area contributed by atoms with Crippen LogP contribution in [0.25, 0.3) is 16.9 Å². The summed E-state index contributed by atoms with van der Waals surface area (Å²) in [5, 5.41) is 11.5. The zero-order valence-corrected chi connectivity index (χ0v) is 23.6. The molecule has 3 aromatic heterocycles. The van der Waals surface area contributed by atoms with Gasteiger partial charge in [0.25, 0.3) is 5.91 Å². The molecular weight excluding hydrogens is 590 g/mol. The second-order valence-corrected chi connectivity index (χ2v) is 16.2. The molecule has 3 heterocycles. The summed E-state index contributed by atoms with van der Waals surface area (Å²) in [7, 11) is -1.34. The number of hydrogen-bond donors (Lipinski definition) is 1. The normalized spacial score (nSPS) is 11.9. The molecule has 1 aromatic carbocycles. The van der Waals surface area contributed by atoms with E-state index in [9.17, 15) is 13.6 Å². The Hall–Kier alpha value is -2.87. The van der Waals surface area contributed by atoms with Gasteiger partial charge in [-0.05, 0) is 40.2 Å². The van der Waals surface area contributed by atoms with Crippen molar-refractivity contribution in [1.29, 1.82) is 0 Å². The van der Waals surface area contributed by atoms with Crippen molar-refractivity contribution in [2.45, 2.75) is 39.0 Å². The first kappa shape index (κ1) is 27.2. The number of fused-ring (bicyclic) bond motifs is 1. The van der Waals surface area contributed by atoms with Crippen LogP contribution in [-0.4, -0.2) is 51.6 Å².